The molecule has 3 aromatic carbocycles. The molecule has 30 heavy (non-hydrogen) atoms. The number of hydrogen-bond acceptors (Lipinski definition) is 3. The van der Waals surface area contributed by atoms with Crippen molar-refractivity contribution >= 4 is 40.6 Å². The first kappa shape index (κ1) is 20.5. The van der Waals surface area contributed by atoms with Crippen molar-refractivity contribution < 1.29 is 9.53 Å². The molecule has 4 rings (SSSR count). The monoisotopic (exact) mass is 456 g/mol. The van der Waals surface area contributed by atoms with Crippen molar-refractivity contribution in [3.63, 3.8) is 0 Å². The lowest BCUT2D eigenvalue weighted by molar-refractivity contribution is 0.0653. The van der Waals surface area contributed by atoms with Crippen molar-refractivity contribution in [3.05, 3.63) is 106 Å². The van der Waals surface area contributed by atoms with Gasteiger partial charge in [-0.15, -0.1) is 0 Å². The molecule has 1 unspecified atom stereocenters. The summed E-state index contributed by atoms with van der Waals surface area (Å²) in [5, 5.41) is 1.40. The molecule has 4 nitrogen and oxygen atoms in total. The van der Waals surface area contributed by atoms with Gasteiger partial charge in [-0.3, -0.25) is 9.36 Å². The number of Topliss-reactive ketones (excluding diaryl/α,β-unsaturated/α-hetero) is 1. The fourth-order valence-corrected chi connectivity index (χ4v) is 3.61. The summed E-state index contributed by atoms with van der Waals surface area (Å²) in [6, 6.07) is 19.8. The number of ether oxygens (including phenoxy) is 1. The summed E-state index contributed by atoms with van der Waals surface area (Å²) >= 11 is 18.1. The zero-order valence-corrected chi connectivity index (χ0v) is 17.8. The van der Waals surface area contributed by atoms with Gasteiger partial charge >= 0.3 is 0 Å². The smallest absolute Gasteiger partial charge is 0.241 e. The molecule has 0 N–H and O–H groups in total. The second-order valence-electron chi connectivity index (χ2n) is 6.50. The Morgan fingerprint density at radius 2 is 1.50 bits per heavy atom. The normalized spacial score (nSPS) is 11.8. The van der Waals surface area contributed by atoms with Crippen molar-refractivity contribution in [2.24, 2.45) is 0 Å². The Hall–Kier alpha value is -2.79. The van der Waals surface area contributed by atoms with Gasteiger partial charge < -0.3 is 4.74 Å². The molecule has 0 fully saturated rings. The lowest BCUT2D eigenvalue weighted by Crippen LogP contribution is -2.24. The fourth-order valence-electron chi connectivity index (χ4n) is 2.98. The Labute approximate surface area is 188 Å². The summed E-state index contributed by atoms with van der Waals surface area (Å²) in [5.41, 5.74) is 2.35. The van der Waals surface area contributed by atoms with Crippen LogP contribution in [0.5, 0.6) is 5.75 Å². The molecular formula is C23H15Cl3N2O2. The molecule has 0 bridgehead atoms. The minimum Gasteiger partial charge on any atom is -0.462 e. The van der Waals surface area contributed by atoms with Gasteiger partial charge in [-0.2, -0.15) is 0 Å². The van der Waals surface area contributed by atoms with Gasteiger partial charge in [-0.05, 0) is 53.6 Å². The van der Waals surface area contributed by atoms with E-state index in [0.717, 1.165) is 11.1 Å². The third kappa shape index (κ3) is 4.51. The van der Waals surface area contributed by atoms with Gasteiger partial charge in [0.2, 0.25) is 12.0 Å². The van der Waals surface area contributed by atoms with Crippen LogP contribution < -0.4 is 4.74 Å². The number of carbonyl (C=O) groups is 1. The average molecular weight is 458 g/mol. The lowest BCUT2D eigenvalue weighted by atomic mass is 10.1. The number of aromatic nitrogens is 2. The molecule has 1 aromatic heterocycles. The molecule has 7 heteroatoms. The zero-order valence-electron chi connectivity index (χ0n) is 15.5. The predicted octanol–water partition coefficient (Wildman–Crippen LogP) is 6.97. The van der Waals surface area contributed by atoms with Crippen LogP contribution in [-0.4, -0.2) is 15.3 Å². The second kappa shape index (κ2) is 8.92. The van der Waals surface area contributed by atoms with Gasteiger partial charge in [0.1, 0.15) is 5.75 Å². The number of ketones is 1. The maximum Gasteiger partial charge on any atom is 0.241 e. The Morgan fingerprint density at radius 3 is 2.10 bits per heavy atom. The molecule has 0 spiro atoms. The van der Waals surface area contributed by atoms with E-state index < -0.39 is 6.23 Å². The van der Waals surface area contributed by atoms with E-state index in [9.17, 15) is 4.79 Å². The third-order valence-electron chi connectivity index (χ3n) is 4.50. The molecule has 1 atom stereocenters. The Kier molecular flexibility index (Phi) is 6.09. The molecule has 0 saturated heterocycles. The third-order valence-corrected chi connectivity index (χ3v) is 5.30. The number of hydrogen-bond donors (Lipinski definition) is 0. The van der Waals surface area contributed by atoms with Crippen LogP contribution in [0, 0.1) is 0 Å². The Balaban J connectivity index is 1.61. The summed E-state index contributed by atoms with van der Waals surface area (Å²) in [6.45, 7) is 0. The first-order valence-electron chi connectivity index (χ1n) is 9.00. The molecule has 0 amide bonds. The van der Waals surface area contributed by atoms with Crippen molar-refractivity contribution in [1.29, 1.82) is 0 Å². The van der Waals surface area contributed by atoms with Crippen LogP contribution in [0.1, 0.15) is 16.6 Å². The number of nitrogens with zero attached hydrogens (tertiary/aromatic N) is 2. The van der Waals surface area contributed by atoms with E-state index in [1.807, 2.05) is 48.5 Å². The van der Waals surface area contributed by atoms with E-state index in [0.29, 0.717) is 21.4 Å². The van der Waals surface area contributed by atoms with Gasteiger partial charge in [0.25, 0.3) is 0 Å². The van der Waals surface area contributed by atoms with Crippen LogP contribution >= 0.6 is 34.8 Å². The van der Waals surface area contributed by atoms with Crippen LogP contribution in [0.2, 0.25) is 15.1 Å². The summed E-state index contributed by atoms with van der Waals surface area (Å²) in [4.78, 5) is 17.2. The van der Waals surface area contributed by atoms with E-state index in [1.54, 1.807) is 29.1 Å². The van der Waals surface area contributed by atoms with Crippen molar-refractivity contribution in [2.45, 2.75) is 6.23 Å². The standard InChI is InChI=1S/C23H15Cl3N2O2/c24-17-5-1-15(2-6-17)16-3-8-19(9-4-16)30-23(28-12-11-27-14-28)22(29)20-10-7-18(25)13-21(20)26/h1-14,23H. The lowest BCUT2D eigenvalue weighted by Gasteiger charge is -2.20. The maximum absolute atomic E-state index is 13.2. The van der Waals surface area contributed by atoms with Crippen LogP contribution in [0.4, 0.5) is 0 Å². The minimum absolute atomic E-state index is 0.263. The van der Waals surface area contributed by atoms with Gasteiger partial charge in [0.05, 0.1) is 11.3 Å². The molecule has 1 heterocycles. The highest BCUT2D eigenvalue weighted by Crippen LogP contribution is 2.29. The zero-order chi connectivity index (χ0) is 21.1. The molecule has 0 aliphatic rings. The first-order chi connectivity index (χ1) is 14.5. The van der Waals surface area contributed by atoms with Crippen LogP contribution in [-0.2, 0) is 0 Å². The molecule has 0 aliphatic heterocycles. The minimum atomic E-state index is -0.965. The largest absolute Gasteiger partial charge is 0.462 e. The molecule has 0 saturated carbocycles. The quantitative estimate of drug-likeness (QED) is 0.294. The molecule has 0 aliphatic carbocycles. The Morgan fingerprint density at radius 1 is 0.867 bits per heavy atom. The van der Waals surface area contributed by atoms with E-state index in [1.165, 1.54) is 12.4 Å². The number of imidazole rings is 1. The fraction of sp³-hybridized carbons (Fsp3) is 0.0435. The molecule has 0 radical (unpaired) electrons. The highest BCUT2D eigenvalue weighted by atomic mass is 35.5. The molecule has 4 aromatic rings. The van der Waals surface area contributed by atoms with Gasteiger partial charge in [0.15, 0.2) is 0 Å². The molecular weight excluding hydrogens is 443 g/mol. The van der Waals surface area contributed by atoms with Crippen LogP contribution in [0.15, 0.2) is 85.5 Å². The van der Waals surface area contributed by atoms with Gasteiger partial charge in [-0.1, -0.05) is 59.1 Å². The summed E-state index contributed by atoms with van der Waals surface area (Å²) < 4.78 is 7.61. The van der Waals surface area contributed by atoms with E-state index in [2.05, 4.69) is 4.98 Å². The summed E-state index contributed by atoms with van der Waals surface area (Å²) in [5.74, 6) is 0.223. The van der Waals surface area contributed by atoms with E-state index >= 15 is 0 Å². The Bertz CT molecular complexity index is 1160. The van der Waals surface area contributed by atoms with Crippen molar-refractivity contribution in [1.82, 2.24) is 9.55 Å². The van der Waals surface area contributed by atoms with Crippen molar-refractivity contribution in [3.8, 4) is 16.9 Å². The number of carbonyl (C=O) groups excluding carboxylic acids is 1. The van der Waals surface area contributed by atoms with Gasteiger partial charge in [0, 0.05) is 28.0 Å². The maximum atomic E-state index is 13.2. The number of halogens is 3. The van der Waals surface area contributed by atoms with Crippen LogP contribution in [0.3, 0.4) is 0 Å². The van der Waals surface area contributed by atoms with E-state index in [4.69, 9.17) is 39.5 Å². The summed E-state index contributed by atoms with van der Waals surface area (Å²) in [7, 11) is 0. The summed E-state index contributed by atoms with van der Waals surface area (Å²) in [6.07, 6.45) is 3.80. The van der Waals surface area contributed by atoms with Gasteiger partial charge in [-0.25, -0.2) is 4.98 Å². The van der Waals surface area contributed by atoms with Crippen LogP contribution in [0.25, 0.3) is 11.1 Å². The van der Waals surface area contributed by atoms with Crippen molar-refractivity contribution in [2.75, 3.05) is 0 Å². The highest BCUT2D eigenvalue weighted by molar-refractivity contribution is 6.37. The average Bonchev–Trinajstić information content (AvgIpc) is 3.27. The predicted molar refractivity (Wildman–Crippen MR) is 120 cm³/mol. The highest BCUT2D eigenvalue weighted by Gasteiger charge is 2.25. The topological polar surface area (TPSA) is 44.1 Å². The molecule has 150 valence electrons. The first-order valence-corrected chi connectivity index (χ1v) is 10.1. The number of rotatable bonds is 6. The SMILES string of the molecule is O=C(c1ccc(Cl)cc1Cl)C(Oc1ccc(-c2ccc(Cl)cc2)cc1)n1ccnc1. The second-order valence-corrected chi connectivity index (χ2v) is 7.78. The number of benzene rings is 3. The van der Waals surface area contributed by atoms with E-state index in [-0.39, 0.29) is 10.8 Å².